The van der Waals surface area contributed by atoms with Crippen LogP contribution >= 0.6 is 15.9 Å². The molecule has 0 saturated heterocycles. The third kappa shape index (κ3) is 3.10. The predicted octanol–water partition coefficient (Wildman–Crippen LogP) is 1.32. The van der Waals surface area contributed by atoms with Gasteiger partial charge < -0.3 is 16.0 Å². The van der Waals surface area contributed by atoms with Crippen LogP contribution in [0.15, 0.2) is 16.9 Å². The fraction of sp³-hybridized carbons (Fsp3) is 0.400. The molecule has 0 saturated carbocycles. The summed E-state index contributed by atoms with van der Waals surface area (Å²) in [6.45, 7) is 2.83. The second-order valence-electron chi connectivity index (χ2n) is 3.35. The van der Waals surface area contributed by atoms with Gasteiger partial charge in [-0.15, -0.1) is 0 Å². The maximum absolute atomic E-state index is 11.6. The number of amides is 1. The van der Waals surface area contributed by atoms with Crippen molar-refractivity contribution < 1.29 is 4.79 Å². The number of aromatic nitrogens is 1. The molecule has 1 aromatic rings. The quantitative estimate of drug-likeness (QED) is 0.876. The normalized spacial score (nSPS) is 9.94. The van der Waals surface area contributed by atoms with E-state index in [2.05, 4.69) is 26.2 Å². The van der Waals surface area contributed by atoms with E-state index in [-0.39, 0.29) is 12.5 Å². The molecule has 3 N–H and O–H groups in total. The molecule has 5 nitrogen and oxygen atoms in total. The van der Waals surface area contributed by atoms with Crippen LogP contribution in [0.25, 0.3) is 0 Å². The first-order chi connectivity index (χ1) is 7.56. The standard InChI is InChI=1S/C10H15BrN4O/c1-3-15(2)9(16)6-14-10-7(11)4-13-5-8(10)12/h4-5H,3,6,12H2,1-2H3,(H,13,14). The van der Waals surface area contributed by atoms with Crippen LogP contribution in [0.2, 0.25) is 0 Å². The number of pyridine rings is 1. The highest BCUT2D eigenvalue weighted by atomic mass is 79.9. The highest BCUT2D eigenvalue weighted by molar-refractivity contribution is 9.10. The number of nitrogens with two attached hydrogens (primary N) is 1. The lowest BCUT2D eigenvalue weighted by Gasteiger charge is -2.16. The summed E-state index contributed by atoms with van der Waals surface area (Å²) in [7, 11) is 1.76. The van der Waals surface area contributed by atoms with E-state index in [9.17, 15) is 4.79 Å². The Morgan fingerprint density at radius 1 is 1.62 bits per heavy atom. The van der Waals surface area contributed by atoms with Gasteiger partial charge in [0.15, 0.2) is 0 Å². The molecule has 0 aliphatic carbocycles. The summed E-state index contributed by atoms with van der Waals surface area (Å²) < 4.78 is 0.749. The fourth-order valence-corrected chi connectivity index (χ4v) is 1.60. The van der Waals surface area contributed by atoms with E-state index < -0.39 is 0 Å². The molecule has 6 heteroatoms. The van der Waals surface area contributed by atoms with Crippen molar-refractivity contribution in [2.75, 3.05) is 31.2 Å². The molecule has 0 fully saturated rings. The second-order valence-corrected chi connectivity index (χ2v) is 4.20. The number of halogens is 1. The minimum Gasteiger partial charge on any atom is -0.396 e. The average Bonchev–Trinajstić information content (AvgIpc) is 2.27. The second kappa shape index (κ2) is 5.69. The van der Waals surface area contributed by atoms with Crippen molar-refractivity contribution in [3.63, 3.8) is 0 Å². The van der Waals surface area contributed by atoms with Crippen molar-refractivity contribution in [1.82, 2.24) is 9.88 Å². The summed E-state index contributed by atoms with van der Waals surface area (Å²) in [6.07, 6.45) is 3.17. The first-order valence-corrected chi connectivity index (χ1v) is 5.72. The molecule has 16 heavy (non-hydrogen) atoms. The largest absolute Gasteiger partial charge is 0.396 e. The molecule has 0 spiro atoms. The molecular weight excluding hydrogens is 272 g/mol. The molecule has 0 aliphatic heterocycles. The highest BCUT2D eigenvalue weighted by Crippen LogP contribution is 2.26. The molecule has 0 unspecified atom stereocenters. The van der Waals surface area contributed by atoms with Crippen LogP contribution in [0, 0.1) is 0 Å². The zero-order valence-electron chi connectivity index (χ0n) is 9.33. The van der Waals surface area contributed by atoms with Gasteiger partial charge in [-0.3, -0.25) is 9.78 Å². The number of hydrogen-bond donors (Lipinski definition) is 2. The van der Waals surface area contributed by atoms with Crippen molar-refractivity contribution in [3.05, 3.63) is 16.9 Å². The topological polar surface area (TPSA) is 71.2 Å². The number of anilines is 2. The van der Waals surface area contributed by atoms with Crippen molar-refractivity contribution in [2.24, 2.45) is 0 Å². The summed E-state index contributed by atoms with van der Waals surface area (Å²) in [5.74, 6) is 0.0191. The molecule has 0 radical (unpaired) electrons. The van der Waals surface area contributed by atoms with Crippen LogP contribution in [-0.2, 0) is 4.79 Å². The minimum atomic E-state index is 0.0191. The zero-order chi connectivity index (χ0) is 12.1. The van der Waals surface area contributed by atoms with Gasteiger partial charge in [0.25, 0.3) is 0 Å². The Bertz CT molecular complexity index is 363. The van der Waals surface area contributed by atoms with Gasteiger partial charge in [0.05, 0.1) is 28.6 Å². The molecule has 0 bridgehead atoms. The van der Waals surface area contributed by atoms with E-state index in [1.165, 1.54) is 0 Å². The number of carbonyl (C=O) groups is 1. The van der Waals surface area contributed by atoms with E-state index in [1.807, 2.05) is 6.92 Å². The van der Waals surface area contributed by atoms with E-state index in [4.69, 9.17) is 5.73 Å². The molecule has 1 amide bonds. The fourth-order valence-electron chi connectivity index (χ4n) is 1.11. The Balaban J connectivity index is 2.65. The molecule has 88 valence electrons. The van der Waals surface area contributed by atoms with Gasteiger partial charge in [-0.05, 0) is 22.9 Å². The number of nitrogen functional groups attached to an aromatic ring is 1. The van der Waals surface area contributed by atoms with Gasteiger partial charge in [0.2, 0.25) is 5.91 Å². The van der Waals surface area contributed by atoms with E-state index in [0.717, 1.165) is 4.47 Å². The van der Waals surface area contributed by atoms with Gasteiger partial charge in [0.1, 0.15) is 0 Å². The zero-order valence-corrected chi connectivity index (χ0v) is 10.9. The average molecular weight is 287 g/mol. The monoisotopic (exact) mass is 286 g/mol. The van der Waals surface area contributed by atoms with Crippen molar-refractivity contribution >= 4 is 33.2 Å². The van der Waals surface area contributed by atoms with Gasteiger partial charge in [-0.2, -0.15) is 0 Å². The SMILES string of the molecule is CCN(C)C(=O)CNc1c(N)cncc1Br. The van der Waals surface area contributed by atoms with Crippen LogP contribution in [-0.4, -0.2) is 35.9 Å². The van der Waals surface area contributed by atoms with E-state index in [0.29, 0.717) is 17.9 Å². The number of carbonyl (C=O) groups excluding carboxylic acids is 1. The smallest absolute Gasteiger partial charge is 0.241 e. The van der Waals surface area contributed by atoms with Crippen LogP contribution in [0.5, 0.6) is 0 Å². The Labute approximate surface area is 103 Å². The molecule has 0 aliphatic rings. The Morgan fingerprint density at radius 3 is 2.88 bits per heavy atom. The number of nitrogens with zero attached hydrogens (tertiary/aromatic N) is 2. The maximum atomic E-state index is 11.6. The Morgan fingerprint density at radius 2 is 2.31 bits per heavy atom. The summed E-state index contributed by atoms with van der Waals surface area (Å²) in [5, 5.41) is 2.99. The number of rotatable bonds is 4. The van der Waals surface area contributed by atoms with Crippen molar-refractivity contribution in [2.45, 2.75) is 6.92 Å². The number of likely N-dealkylation sites (N-methyl/N-ethyl adjacent to an activating group) is 1. The molecule has 1 rings (SSSR count). The van der Waals surface area contributed by atoms with Gasteiger partial charge in [0, 0.05) is 19.8 Å². The highest BCUT2D eigenvalue weighted by Gasteiger charge is 2.09. The summed E-state index contributed by atoms with van der Waals surface area (Å²) in [5.41, 5.74) is 6.95. The lowest BCUT2D eigenvalue weighted by atomic mass is 10.3. The Kier molecular flexibility index (Phi) is 4.54. The molecular formula is C10H15BrN4O. The number of hydrogen-bond acceptors (Lipinski definition) is 4. The predicted molar refractivity (Wildman–Crippen MR) is 68.2 cm³/mol. The van der Waals surface area contributed by atoms with Crippen LogP contribution in [0.1, 0.15) is 6.92 Å². The van der Waals surface area contributed by atoms with Gasteiger partial charge in [-0.1, -0.05) is 0 Å². The first kappa shape index (κ1) is 12.8. The number of nitrogens with one attached hydrogen (secondary N) is 1. The third-order valence-corrected chi connectivity index (χ3v) is 2.85. The van der Waals surface area contributed by atoms with Crippen LogP contribution in [0.3, 0.4) is 0 Å². The first-order valence-electron chi connectivity index (χ1n) is 4.93. The molecule has 1 aromatic heterocycles. The third-order valence-electron chi connectivity index (χ3n) is 2.25. The summed E-state index contributed by atoms with van der Waals surface area (Å²) in [4.78, 5) is 17.1. The summed E-state index contributed by atoms with van der Waals surface area (Å²) >= 11 is 3.32. The van der Waals surface area contributed by atoms with Crippen LogP contribution < -0.4 is 11.1 Å². The van der Waals surface area contributed by atoms with Gasteiger partial charge >= 0.3 is 0 Å². The van der Waals surface area contributed by atoms with E-state index >= 15 is 0 Å². The lowest BCUT2D eigenvalue weighted by molar-refractivity contribution is -0.127. The van der Waals surface area contributed by atoms with E-state index in [1.54, 1.807) is 24.3 Å². The lowest BCUT2D eigenvalue weighted by Crippen LogP contribution is -2.32. The minimum absolute atomic E-state index is 0.0191. The van der Waals surface area contributed by atoms with Crippen LogP contribution in [0.4, 0.5) is 11.4 Å². The maximum Gasteiger partial charge on any atom is 0.241 e. The molecule has 0 aromatic carbocycles. The van der Waals surface area contributed by atoms with Crippen molar-refractivity contribution in [3.8, 4) is 0 Å². The Hall–Kier alpha value is -1.30. The van der Waals surface area contributed by atoms with Gasteiger partial charge in [-0.25, -0.2) is 0 Å². The molecule has 0 atom stereocenters. The van der Waals surface area contributed by atoms with Crippen molar-refractivity contribution in [1.29, 1.82) is 0 Å². The summed E-state index contributed by atoms with van der Waals surface area (Å²) in [6, 6.07) is 0. The molecule has 1 heterocycles.